The topological polar surface area (TPSA) is 84.9 Å². The summed E-state index contributed by atoms with van der Waals surface area (Å²) in [5.74, 6) is -0.289. The summed E-state index contributed by atoms with van der Waals surface area (Å²) in [5.41, 5.74) is 2.86. The average molecular weight is 535 g/mol. The van der Waals surface area contributed by atoms with E-state index in [2.05, 4.69) is 31.0 Å². The largest absolute Gasteiger partial charge is 0.497 e. The van der Waals surface area contributed by atoms with Crippen LogP contribution in [0.3, 0.4) is 0 Å². The molecule has 0 unspecified atom stereocenters. The van der Waals surface area contributed by atoms with Crippen molar-refractivity contribution in [2.45, 2.75) is 49.3 Å². The molecular formula is C28H30N2O5SSi. The van der Waals surface area contributed by atoms with Crippen LogP contribution >= 0.6 is 11.8 Å². The highest BCUT2D eigenvalue weighted by molar-refractivity contribution is 8.01. The van der Waals surface area contributed by atoms with E-state index in [-0.39, 0.29) is 35.5 Å². The molecule has 0 saturated carbocycles. The predicted octanol–water partition coefficient (Wildman–Crippen LogP) is 3.82. The molecule has 192 valence electrons. The van der Waals surface area contributed by atoms with Crippen LogP contribution in [0.2, 0.25) is 19.6 Å². The van der Waals surface area contributed by atoms with Gasteiger partial charge in [-0.3, -0.25) is 14.5 Å². The average Bonchev–Trinajstić information content (AvgIpc) is 2.86. The quantitative estimate of drug-likeness (QED) is 0.315. The SMILES string of the molecule is COc1ccc(COC(=O)C2=C3C=C([Si](C)(C)C)[C@@H]3S[C@@H]3[C@H](NC(=O)Cc4ccccc4)C(=O)N23)cc1. The van der Waals surface area contributed by atoms with Gasteiger partial charge in [0.15, 0.2) is 0 Å². The number of nitrogens with one attached hydrogen (secondary N) is 1. The number of amides is 2. The number of β-lactam (4-membered cyclic amide) rings is 1. The Balaban J connectivity index is 1.34. The second-order valence-electron chi connectivity index (χ2n) is 10.4. The lowest BCUT2D eigenvalue weighted by atomic mass is 9.94. The molecule has 1 fully saturated rings. The van der Waals surface area contributed by atoms with Gasteiger partial charge in [-0.25, -0.2) is 4.79 Å². The number of ether oxygens (including phenoxy) is 2. The third kappa shape index (κ3) is 4.85. The van der Waals surface area contributed by atoms with E-state index in [0.29, 0.717) is 5.70 Å². The van der Waals surface area contributed by atoms with E-state index in [1.165, 1.54) is 10.1 Å². The van der Waals surface area contributed by atoms with Crippen molar-refractivity contribution in [1.82, 2.24) is 10.2 Å². The van der Waals surface area contributed by atoms with Crippen LogP contribution in [0, 0.1) is 0 Å². The van der Waals surface area contributed by atoms with Gasteiger partial charge in [0.25, 0.3) is 5.91 Å². The summed E-state index contributed by atoms with van der Waals surface area (Å²) in [6.45, 7) is 6.91. The smallest absolute Gasteiger partial charge is 0.355 e. The fraction of sp³-hybridized carbons (Fsp3) is 0.321. The van der Waals surface area contributed by atoms with Crippen molar-refractivity contribution in [2.75, 3.05) is 7.11 Å². The maximum absolute atomic E-state index is 13.3. The number of benzene rings is 2. The lowest BCUT2D eigenvalue weighted by Crippen LogP contribution is -2.72. The van der Waals surface area contributed by atoms with Crippen molar-refractivity contribution >= 4 is 37.6 Å². The lowest BCUT2D eigenvalue weighted by molar-refractivity contribution is -0.153. The normalized spacial score (nSPS) is 22.2. The van der Waals surface area contributed by atoms with Crippen LogP contribution in [0.15, 0.2) is 77.1 Å². The number of hydrogen-bond acceptors (Lipinski definition) is 6. The number of fused-ring (bicyclic) bond motifs is 2. The minimum Gasteiger partial charge on any atom is -0.497 e. The Morgan fingerprint density at radius 2 is 1.73 bits per heavy atom. The molecule has 1 saturated heterocycles. The highest BCUT2D eigenvalue weighted by atomic mass is 32.2. The van der Waals surface area contributed by atoms with Crippen LogP contribution in [0.5, 0.6) is 5.75 Å². The Labute approximate surface area is 221 Å². The summed E-state index contributed by atoms with van der Waals surface area (Å²) in [6, 6.07) is 16.1. The third-order valence-corrected chi connectivity index (χ3v) is 10.7. The van der Waals surface area contributed by atoms with Crippen molar-refractivity contribution in [1.29, 1.82) is 0 Å². The molecule has 3 atom stereocenters. The summed E-state index contributed by atoms with van der Waals surface area (Å²) in [6.07, 6.45) is 2.27. The molecule has 9 heteroatoms. The van der Waals surface area contributed by atoms with E-state index in [1.54, 1.807) is 18.9 Å². The van der Waals surface area contributed by atoms with E-state index < -0.39 is 20.1 Å². The molecule has 2 heterocycles. The van der Waals surface area contributed by atoms with Crippen LogP contribution in [0.1, 0.15) is 11.1 Å². The Morgan fingerprint density at radius 3 is 2.38 bits per heavy atom. The van der Waals surface area contributed by atoms with E-state index in [1.807, 2.05) is 54.6 Å². The van der Waals surface area contributed by atoms with Gasteiger partial charge in [-0.1, -0.05) is 73.4 Å². The van der Waals surface area contributed by atoms with E-state index >= 15 is 0 Å². The summed E-state index contributed by atoms with van der Waals surface area (Å²) < 4.78 is 10.8. The Hall–Kier alpha value is -3.30. The van der Waals surface area contributed by atoms with Crippen LogP contribution in [-0.4, -0.2) is 54.5 Å². The van der Waals surface area contributed by atoms with Crippen molar-refractivity contribution in [3.8, 4) is 5.75 Å². The molecule has 1 aliphatic carbocycles. The second-order valence-corrected chi connectivity index (χ2v) is 16.7. The van der Waals surface area contributed by atoms with Crippen molar-refractivity contribution in [3.63, 3.8) is 0 Å². The summed E-state index contributed by atoms with van der Waals surface area (Å²) in [4.78, 5) is 40.8. The molecule has 1 N–H and O–H groups in total. The van der Waals surface area contributed by atoms with Gasteiger partial charge in [0.05, 0.1) is 26.9 Å². The highest BCUT2D eigenvalue weighted by Gasteiger charge is 2.58. The van der Waals surface area contributed by atoms with Crippen molar-refractivity contribution < 1.29 is 23.9 Å². The van der Waals surface area contributed by atoms with Gasteiger partial charge >= 0.3 is 5.97 Å². The van der Waals surface area contributed by atoms with Gasteiger partial charge in [0.1, 0.15) is 29.5 Å². The lowest BCUT2D eigenvalue weighted by Gasteiger charge is -2.54. The highest BCUT2D eigenvalue weighted by Crippen LogP contribution is 2.53. The number of esters is 1. The Bertz CT molecular complexity index is 1300. The van der Waals surface area contributed by atoms with Gasteiger partial charge in [0.2, 0.25) is 5.91 Å². The number of carbonyl (C=O) groups is 3. The van der Waals surface area contributed by atoms with E-state index in [9.17, 15) is 14.4 Å². The Kier molecular flexibility index (Phi) is 6.76. The number of nitrogens with zero attached hydrogens (tertiary/aromatic N) is 1. The first kappa shape index (κ1) is 25.4. The maximum Gasteiger partial charge on any atom is 0.355 e. The predicted molar refractivity (Wildman–Crippen MR) is 145 cm³/mol. The molecule has 7 nitrogen and oxygen atoms in total. The van der Waals surface area contributed by atoms with Gasteiger partial charge in [-0.05, 0) is 28.8 Å². The molecule has 2 aliphatic heterocycles. The van der Waals surface area contributed by atoms with Crippen LogP contribution in [0.4, 0.5) is 0 Å². The van der Waals surface area contributed by atoms with Crippen LogP contribution < -0.4 is 10.1 Å². The summed E-state index contributed by atoms with van der Waals surface area (Å²) in [7, 11) is -0.0285. The molecule has 37 heavy (non-hydrogen) atoms. The molecule has 2 amide bonds. The minimum absolute atomic E-state index is 0.0399. The first-order valence-electron chi connectivity index (χ1n) is 12.3. The maximum atomic E-state index is 13.3. The molecule has 2 aromatic carbocycles. The minimum atomic E-state index is -1.62. The van der Waals surface area contributed by atoms with E-state index in [0.717, 1.165) is 22.4 Å². The molecule has 0 aromatic heterocycles. The molecule has 2 aromatic rings. The van der Waals surface area contributed by atoms with E-state index in [4.69, 9.17) is 9.47 Å². The summed E-state index contributed by atoms with van der Waals surface area (Å²) in [5, 5.41) is 3.95. The molecule has 0 radical (unpaired) electrons. The zero-order valence-corrected chi connectivity index (χ0v) is 23.1. The van der Waals surface area contributed by atoms with Gasteiger partial charge in [0, 0.05) is 0 Å². The first-order valence-corrected chi connectivity index (χ1v) is 16.7. The van der Waals surface area contributed by atoms with Crippen LogP contribution in [0.25, 0.3) is 0 Å². The number of rotatable bonds is 8. The van der Waals surface area contributed by atoms with Crippen molar-refractivity contribution in [2.24, 2.45) is 0 Å². The zero-order chi connectivity index (χ0) is 26.3. The number of methoxy groups -OCH3 is 1. The van der Waals surface area contributed by atoms with Gasteiger partial charge in [-0.15, -0.1) is 11.8 Å². The fourth-order valence-corrected chi connectivity index (χ4v) is 9.04. The molecule has 5 rings (SSSR count). The zero-order valence-electron chi connectivity index (χ0n) is 21.3. The first-order chi connectivity index (χ1) is 17.7. The Morgan fingerprint density at radius 1 is 1.03 bits per heavy atom. The number of hydrogen-bond donors (Lipinski definition) is 1. The number of carbonyl (C=O) groups excluding carboxylic acids is 3. The number of thioether (sulfide) groups is 1. The van der Waals surface area contributed by atoms with Gasteiger partial charge in [-0.2, -0.15) is 0 Å². The fourth-order valence-electron chi connectivity index (χ4n) is 4.75. The monoisotopic (exact) mass is 534 g/mol. The van der Waals surface area contributed by atoms with Crippen LogP contribution in [-0.2, 0) is 32.1 Å². The molecule has 3 aliphatic rings. The number of allylic oxidation sites excluding steroid dienone is 1. The molecule has 0 spiro atoms. The second kappa shape index (κ2) is 9.87. The van der Waals surface area contributed by atoms with Crippen molar-refractivity contribution in [3.05, 3.63) is 88.3 Å². The summed E-state index contributed by atoms with van der Waals surface area (Å²) >= 11 is 1.64. The third-order valence-electron chi connectivity index (χ3n) is 6.82. The molecular weight excluding hydrogens is 504 g/mol. The van der Waals surface area contributed by atoms with Gasteiger partial charge < -0.3 is 14.8 Å². The molecule has 0 bridgehead atoms. The standard InChI is InChI=1S/C28H30N2O5SSi/c1-34-19-12-10-18(11-13-19)16-35-28(33)24-20-15-21(37(2,3)4)25(20)36-27-23(26(32)30(24)27)29-22(31)14-17-8-6-5-7-9-17/h5-13,15,23,25,27H,14,16H2,1-4H3,(H,29,31)/t23-,25-,27-/m1/s1.